The van der Waals surface area contributed by atoms with Crippen molar-refractivity contribution in [1.29, 1.82) is 0 Å². The van der Waals surface area contributed by atoms with Crippen molar-refractivity contribution >= 4 is 17.5 Å². The fourth-order valence-electron chi connectivity index (χ4n) is 3.51. The molecule has 2 N–H and O–H groups in total. The Morgan fingerprint density at radius 2 is 1.79 bits per heavy atom. The van der Waals surface area contributed by atoms with Crippen LogP contribution in [0.4, 0.5) is 5.69 Å². The second kappa shape index (κ2) is 8.29. The minimum absolute atomic E-state index is 0.0671. The van der Waals surface area contributed by atoms with Crippen LogP contribution in [-0.4, -0.2) is 31.1 Å². The number of carbonyl (C=O) groups excluding carboxylic acids is 2. The number of anilines is 1. The monoisotopic (exact) mass is 330 g/mol. The number of carbonyl (C=O) groups is 2. The van der Waals surface area contributed by atoms with Gasteiger partial charge in [0, 0.05) is 30.8 Å². The summed E-state index contributed by atoms with van der Waals surface area (Å²) >= 11 is 0. The van der Waals surface area contributed by atoms with E-state index in [4.69, 9.17) is 4.74 Å². The van der Waals surface area contributed by atoms with E-state index in [0.29, 0.717) is 24.4 Å². The maximum atomic E-state index is 12.1. The molecule has 1 saturated heterocycles. The van der Waals surface area contributed by atoms with E-state index in [1.165, 1.54) is 12.8 Å². The van der Waals surface area contributed by atoms with Crippen molar-refractivity contribution in [3.63, 3.8) is 0 Å². The fraction of sp³-hybridized carbons (Fsp3) is 0.579. The van der Waals surface area contributed by atoms with E-state index >= 15 is 0 Å². The van der Waals surface area contributed by atoms with Gasteiger partial charge in [0.25, 0.3) is 5.91 Å². The predicted molar refractivity (Wildman–Crippen MR) is 93.0 cm³/mol. The van der Waals surface area contributed by atoms with Crippen LogP contribution in [0.15, 0.2) is 24.3 Å². The van der Waals surface area contributed by atoms with Gasteiger partial charge in [-0.05, 0) is 55.9 Å². The van der Waals surface area contributed by atoms with Crippen molar-refractivity contribution in [3.05, 3.63) is 29.8 Å². The van der Waals surface area contributed by atoms with Gasteiger partial charge in [-0.25, -0.2) is 0 Å². The molecule has 2 aliphatic rings. The van der Waals surface area contributed by atoms with Crippen molar-refractivity contribution in [2.75, 3.05) is 18.5 Å². The van der Waals surface area contributed by atoms with Crippen LogP contribution >= 0.6 is 0 Å². The van der Waals surface area contributed by atoms with Gasteiger partial charge in [-0.2, -0.15) is 0 Å². The second-order valence-electron chi connectivity index (χ2n) is 6.83. The molecule has 0 spiro atoms. The molecule has 0 unspecified atom stereocenters. The quantitative estimate of drug-likeness (QED) is 0.842. The first-order chi connectivity index (χ1) is 11.7. The first kappa shape index (κ1) is 17.0. The third-order valence-corrected chi connectivity index (χ3v) is 4.89. The van der Waals surface area contributed by atoms with Crippen LogP contribution in [-0.2, 0) is 9.53 Å². The van der Waals surface area contributed by atoms with E-state index in [9.17, 15) is 9.59 Å². The number of nitrogens with one attached hydrogen (secondary N) is 2. The lowest BCUT2D eigenvalue weighted by Gasteiger charge is -2.12. The molecule has 3 rings (SSSR count). The average molecular weight is 330 g/mol. The van der Waals surface area contributed by atoms with Gasteiger partial charge in [0.15, 0.2) is 0 Å². The van der Waals surface area contributed by atoms with Crippen molar-refractivity contribution in [1.82, 2.24) is 5.32 Å². The highest BCUT2D eigenvalue weighted by atomic mass is 16.5. The minimum atomic E-state index is -0.102. The van der Waals surface area contributed by atoms with Crippen molar-refractivity contribution in [2.24, 2.45) is 5.92 Å². The smallest absolute Gasteiger partial charge is 0.251 e. The van der Waals surface area contributed by atoms with Crippen LogP contribution in [0.3, 0.4) is 0 Å². The summed E-state index contributed by atoms with van der Waals surface area (Å²) in [5.41, 5.74) is 1.34. The van der Waals surface area contributed by atoms with Crippen molar-refractivity contribution < 1.29 is 14.3 Å². The van der Waals surface area contributed by atoms with E-state index in [0.717, 1.165) is 38.0 Å². The highest BCUT2D eigenvalue weighted by Crippen LogP contribution is 2.27. The molecule has 1 aromatic rings. The molecule has 0 bridgehead atoms. The largest absolute Gasteiger partial charge is 0.376 e. The Morgan fingerprint density at radius 3 is 2.46 bits per heavy atom. The standard InChI is InChI=1S/C19H26N2O3/c22-18(12-14-4-1-2-5-14)21-16-9-7-15(8-10-16)19(23)20-13-17-6-3-11-24-17/h7-10,14,17H,1-6,11-13H2,(H,20,23)(H,21,22)/t17-/m0/s1. The Labute approximate surface area is 143 Å². The molecule has 1 saturated carbocycles. The molecule has 2 amide bonds. The van der Waals surface area contributed by atoms with Gasteiger partial charge in [-0.3, -0.25) is 9.59 Å². The van der Waals surface area contributed by atoms with Crippen LogP contribution in [0, 0.1) is 5.92 Å². The number of amides is 2. The number of hydrogen-bond acceptors (Lipinski definition) is 3. The summed E-state index contributed by atoms with van der Waals surface area (Å²) in [6.07, 6.45) is 7.63. The minimum Gasteiger partial charge on any atom is -0.376 e. The number of ether oxygens (including phenoxy) is 1. The van der Waals surface area contributed by atoms with E-state index in [1.807, 2.05) is 0 Å². The third kappa shape index (κ3) is 4.81. The highest BCUT2D eigenvalue weighted by molar-refractivity contribution is 5.95. The zero-order valence-corrected chi connectivity index (χ0v) is 14.1. The van der Waals surface area contributed by atoms with Crippen LogP contribution < -0.4 is 10.6 Å². The summed E-state index contributed by atoms with van der Waals surface area (Å²) in [7, 11) is 0. The molecule has 0 aromatic heterocycles. The highest BCUT2D eigenvalue weighted by Gasteiger charge is 2.19. The van der Waals surface area contributed by atoms with E-state index in [-0.39, 0.29) is 17.9 Å². The summed E-state index contributed by atoms with van der Waals surface area (Å²) in [4.78, 5) is 24.1. The normalized spacial score (nSPS) is 20.9. The summed E-state index contributed by atoms with van der Waals surface area (Å²) in [6.45, 7) is 1.34. The summed E-state index contributed by atoms with van der Waals surface area (Å²) in [5.74, 6) is 0.500. The van der Waals surface area contributed by atoms with E-state index in [2.05, 4.69) is 10.6 Å². The lowest BCUT2D eigenvalue weighted by atomic mass is 10.0. The molecule has 1 aliphatic carbocycles. The molecule has 0 radical (unpaired) electrons. The Bertz CT molecular complexity index is 558. The lowest BCUT2D eigenvalue weighted by molar-refractivity contribution is -0.117. The van der Waals surface area contributed by atoms with Gasteiger partial charge in [0.2, 0.25) is 5.91 Å². The molecule has 1 heterocycles. The first-order valence-corrected chi connectivity index (χ1v) is 9.00. The molecule has 24 heavy (non-hydrogen) atoms. The number of rotatable bonds is 6. The zero-order chi connectivity index (χ0) is 16.8. The molecule has 1 aromatic carbocycles. The van der Waals surface area contributed by atoms with Crippen LogP contribution in [0.25, 0.3) is 0 Å². The van der Waals surface area contributed by atoms with Gasteiger partial charge < -0.3 is 15.4 Å². The van der Waals surface area contributed by atoms with E-state index < -0.39 is 0 Å². The maximum Gasteiger partial charge on any atom is 0.251 e. The fourth-order valence-corrected chi connectivity index (χ4v) is 3.51. The molecule has 5 heteroatoms. The number of hydrogen-bond donors (Lipinski definition) is 2. The summed E-state index contributed by atoms with van der Waals surface area (Å²) in [5, 5.41) is 5.82. The van der Waals surface area contributed by atoms with Gasteiger partial charge in [-0.1, -0.05) is 12.8 Å². The van der Waals surface area contributed by atoms with Crippen LogP contribution in [0.1, 0.15) is 55.3 Å². The number of benzene rings is 1. The summed E-state index contributed by atoms with van der Waals surface area (Å²) in [6, 6.07) is 7.06. The summed E-state index contributed by atoms with van der Waals surface area (Å²) < 4.78 is 5.49. The van der Waals surface area contributed by atoms with Gasteiger partial charge in [0.1, 0.15) is 0 Å². The second-order valence-corrected chi connectivity index (χ2v) is 6.83. The lowest BCUT2D eigenvalue weighted by Crippen LogP contribution is -2.31. The maximum absolute atomic E-state index is 12.1. The first-order valence-electron chi connectivity index (χ1n) is 9.00. The zero-order valence-electron chi connectivity index (χ0n) is 14.1. The van der Waals surface area contributed by atoms with Crippen molar-refractivity contribution in [2.45, 2.75) is 51.0 Å². The molecular weight excluding hydrogens is 304 g/mol. The molecule has 1 atom stereocenters. The Kier molecular flexibility index (Phi) is 5.86. The van der Waals surface area contributed by atoms with Crippen LogP contribution in [0.2, 0.25) is 0 Å². The van der Waals surface area contributed by atoms with Crippen molar-refractivity contribution in [3.8, 4) is 0 Å². The van der Waals surface area contributed by atoms with Gasteiger partial charge in [-0.15, -0.1) is 0 Å². The molecular formula is C19H26N2O3. The average Bonchev–Trinajstić information content (AvgIpc) is 3.27. The SMILES string of the molecule is O=C(CC1CCCC1)Nc1ccc(C(=O)NC[C@@H]2CCCO2)cc1. The Morgan fingerprint density at radius 1 is 1.04 bits per heavy atom. The van der Waals surface area contributed by atoms with E-state index in [1.54, 1.807) is 24.3 Å². The predicted octanol–water partition coefficient (Wildman–Crippen LogP) is 3.11. The topological polar surface area (TPSA) is 67.4 Å². The molecule has 1 aliphatic heterocycles. The molecule has 5 nitrogen and oxygen atoms in total. The molecule has 130 valence electrons. The molecule has 2 fully saturated rings. The van der Waals surface area contributed by atoms with Crippen LogP contribution in [0.5, 0.6) is 0 Å². The van der Waals surface area contributed by atoms with Gasteiger partial charge >= 0.3 is 0 Å². The van der Waals surface area contributed by atoms with Gasteiger partial charge in [0.05, 0.1) is 6.10 Å². The Hall–Kier alpha value is -1.88. The Balaban J connectivity index is 1.45. The third-order valence-electron chi connectivity index (χ3n) is 4.89.